The second-order valence-corrected chi connectivity index (χ2v) is 6.81. The van der Waals surface area contributed by atoms with Gasteiger partial charge in [-0.2, -0.15) is 0 Å². The fraction of sp³-hybridized carbons (Fsp3) is 0.444. The number of nitrogens with two attached hydrogens (primary N) is 1. The number of rotatable bonds is 2. The van der Waals surface area contributed by atoms with E-state index in [9.17, 15) is 13.6 Å². The molecule has 1 aromatic carbocycles. The summed E-state index contributed by atoms with van der Waals surface area (Å²) < 4.78 is 28.7. The lowest BCUT2D eigenvalue weighted by molar-refractivity contribution is -0.130. The van der Waals surface area contributed by atoms with Gasteiger partial charge in [-0.1, -0.05) is 0 Å². The van der Waals surface area contributed by atoms with Crippen LogP contribution in [0.2, 0.25) is 0 Å². The largest absolute Gasteiger partial charge is 0.398 e. The van der Waals surface area contributed by atoms with Crippen molar-refractivity contribution in [2.45, 2.75) is 39.3 Å². The Balaban J connectivity index is 1.77. The first-order valence-corrected chi connectivity index (χ1v) is 8.73. The summed E-state index contributed by atoms with van der Waals surface area (Å²) in [6.45, 7) is 4.07. The van der Waals surface area contributed by atoms with Crippen molar-refractivity contribution in [3.05, 3.63) is 35.3 Å². The van der Waals surface area contributed by atoms with Gasteiger partial charge in [-0.25, -0.2) is 13.8 Å². The Morgan fingerprint density at radius 3 is 2.81 bits per heavy atom. The lowest BCUT2D eigenvalue weighted by Crippen LogP contribution is -2.37. The molecule has 1 amide bonds. The average molecular weight is 361 g/mol. The van der Waals surface area contributed by atoms with E-state index in [1.54, 1.807) is 24.2 Å². The second-order valence-electron chi connectivity index (χ2n) is 6.81. The molecule has 0 radical (unpaired) electrons. The van der Waals surface area contributed by atoms with Crippen LogP contribution in [-0.4, -0.2) is 33.4 Å². The Kier molecular flexibility index (Phi) is 4.05. The number of carbonyl (C=O) groups is 1. The van der Waals surface area contributed by atoms with Gasteiger partial charge in [-0.15, -0.1) is 0 Å². The minimum absolute atomic E-state index is 0.0233. The van der Waals surface area contributed by atoms with E-state index >= 15 is 0 Å². The van der Waals surface area contributed by atoms with Gasteiger partial charge in [-0.05, 0) is 30.5 Å². The third-order valence-electron chi connectivity index (χ3n) is 5.21. The van der Waals surface area contributed by atoms with Gasteiger partial charge in [0.15, 0.2) is 5.82 Å². The zero-order chi connectivity index (χ0) is 18.4. The summed E-state index contributed by atoms with van der Waals surface area (Å²) in [4.78, 5) is 20.1. The topological polar surface area (TPSA) is 67.4 Å². The summed E-state index contributed by atoms with van der Waals surface area (Å²) in [6.07, 6.45) is 0.841. The van der Waals surface area contributed by atoms with E-state index in [1.165, 1.54) is 6.07 Å². The van der Waals surface area contributed by atoms with Crippen LogP contribution in [0.25, 0.3) is 0 Å². The Morgan fingerprint density at radius 2 is 2.08 bits per heavy atom. The number of amides is 1. The van der Waals surface area contributed by atoms with E-state index < -0.39 is 6.43 Å². The summed E-state index contributed by atoms with van der Waals surface area (Å²) >= 11 is 0. The normalized spacial score (nSPS) is 16.6. The first-order chi connectivity index (χ1) is 12.5. The molecule has 2 aromatic rings. The number of aryl methyl sites for hydroxylation is 1. The number of alkyl halides is 2. The average Bonchev–Trinajstić information content (AvgIpc) is 3.03. The van der Waals surface area contributed by atoms with Crippen molar-refractivity contribution in [1.29, 1.82) is 0 Å². The van der Waals surface area contributed by atoms with Crippen LogP contribution in [0.1, 0.15) is 36.6 Å². The first kappa shape index (κ1) is 16.8. The van der Waals surface area contributed by atoms with Gasteiger partial charge < -0.3 is 20.1 Å². The molecule has 1 aromatic heterocycles. The highest BCUT2D eigenvalue weighted by molar-refractivity contribution is 5.75. The van der Waals surface area contributed by atoms with Crippen LogP contribution in [0.15, 0.2) is 18.5 Å². The second kappa shape index (κ2) is 6.26. The molecule has 0 spiro atoms. The third-order valence-corrected chi connectivity index (χ3v) is 5.21. The van der Waals surface area contributed by atoms with E-state index in [2.05, 4.69) is 4.98 Å². The van der Waals surface area contributed by atoms with Gasteiger partial charge in [0.25, 0.3) is 6.43 Å². The molecule has 138 valence electrons. The van der Waals surface area contributed by atoms with Crippen LogP contribution >= 0.6 is 0 Å². The van der Waals surface area contributed by atoms with Gasteiger partial charge in [0, 0.05) is 43.5 Å². The van der Waals surface area contributed by atoms with Crippen LogP contribution in [0.5, 0.6) is 0 Å². The molecule has 6 nitrogen and oxygen atoms in total. The van der Waals surface area contributed by atoms with Gasteiger partial charge in [-0.3, -0.25) is 4.79 Å². The minimum atomic E-state index is -2.62. The summed E-state index contributed by atoms with van der Waals surface area (Å²) in [6, 6.07) is 3.15. The van der Waals surface area contributed by atoms with Crippen LogP contribution in [0.3, 0.4) is 0 Å². The molecule has 2 aliphatic rings. The molecule has 0 saturated carbocycles. The van der Waals surface area contributed by atoms with Crippen molar-refractivity contribution in [3.63, 3.8) is 0 Å². The fourth-order valence-corrected chi connectivity index (χ4v) is 3.81. The van der Waals surface area contributed by atoms with E-state index in [4.69, 9.17) is 5.73 Å². The molecule has 0 unspecified atom stereocenters. The van der Waals surface area contributed by atoms with E-state index in [-0.39, 0.29) is 17.2 Å². The van der Waals surface area contributed by atoms with Gasteiger partial charge in [0.2, 0.25) is 5.91 Å². The van der Waals surface area contributed by atoms with E-state index in [1.807, 2.05) is 9.47 Å². The number of benzene rings is 1. The maximum absolute atomic E-state index is 13.3. The number of nitrogens with zero attached hydrogens (tertiary/aromatic N) is 4. The highest BCUT2D eigenvalue weighted by Crippen LogP contribution is 2.40. The molecule has 26 heavy (non-hydrogen) atoms. The van der Waals surface area contributed by atoms with Gasteiger partial charge in [0.05, 0.1) is 18.6 Å². The summed E-state index contributed by atoms with van der Waals surface area (Å²) in [7, 11) is 0. The molecule has 8 heteroatoms. The predicted molar refractivity (Wildman–Crippen MR) is 94.5 cm³/mol. The van der Waals surface area contributed by atoms with E-state index in [0.717, 1.165) is 35.6 Å². The van der Waals surface area contributed by atoms with Crippen molar-refractivity contribution >= 4 is 23.1 Å². The number of hydrogen-bond donors (Lipinski definition) is 1. The number of fused-ring (bicyclic) bond motifs is 2. The van der Waals surface area contributed by atoms with Crippen molar-refractivity contribution in [2.75, 3.05) is 23.7 Å². The molecule has 0 fully saturated rings. The van der Waals surface area contributed by atoms with Crippen LogP contribution in [0, 0.1) is 0 Å². The van der Waals surface area contributed by atoms with Crippen LogP contribution in [-0.2, 0) is 24.3 Å². The Labute approximate surface area is 150 Å². The lowest BCUT2D eigenvalue weighted by Gasteiger charge is -2.33. The summed E-state index contributed by atoms with van der Waals surface area (Å²) in [5.41, 5.74) is 8.43. The standard InChI is InChI=1S/C18H21F2N5O/c1-11(26)23-5-6-24-10-22-18(16(24)9-23)25-4-2-3-12-7-14(21)13(17(19)20)8-15(12)25/h7-8,10,17H,2-6,9,21H2,1H3. The Hall–Kier alpha value is -2.64. The smallest absolute Gasteiger partial charge is 0.265 e. The molecule has 3 heterocycles. The maximum Gasteiger partial charge on any atom is 0.265 e. The van der Waals surface area contributed by atoms with Gasteiger partial charge in [0.1, 0.15) is 0 Å². The highest BCUT2D eigenvalue weighted by atomic mass is 19.3. The highest BCUT2D eigenvalue weighted by Gasteiger charge is 2.29. The first-order valence-electron chi connectivity index (χ1n) is 8.73. The zero-order valence-electron chi connectivity index (χ0n) is 14.6. The number of hydrogen-bond acceptors (Lipinski definition) is 4. The molecule has 0 atom stereocenters. The predicted octanol–water partition coefficient (Wildman–Crippen LogP) is 2.85. The van der Waals surface area contributed by atoms with Crippen molar-refractivity contribution < 1.29 is 13.6 Å². The molecular weight excluding hydrogens is 340 g/mol. The maximum atomic E-state index is 13.3. The van der Waals surface area contributed by atoms with E-state index in [0.29, 0.717) is 26.2 Å². The number of anilines is 3. The molecular formula is C18H21F2N5O. The quantitative estimate of drug-likeness (QED) is 0.836. The number of carbonyl (C=O) groups excluding carboxylic acids is 1. The Bertz CT molecular complexity index is 864. The number of halogens is 2. The monoisotopic (exact) mass is 361 g/mol. The van der Waals surface area contributed by atoms with Crippen molar-refractivity contribution in [1.82, 2.24) is 14.5 Å². The number of imidazole rings is 1. The van der Waals surface area contributed by atoms with Crippen LogP contribution in [0.4, 0.5) is 26.0 Å². The number of nitrogen functional groups attached to an aromatic ring is 1. The van der Waals surface area contributed by atoms with Crippen molar-refractivity contribution in [2.24, 2.45) is 0 Å². The van der Waals surface area contributed by atoms with Crippen LogP contribution < -0.4 is 10.6 Å². The minimum Gasteiger partial charge on any atom is -0.398 e. The lowest BCUT2D eigenvalue weighted by atomic mass is 9.98. The zero-order valence-corrected chi connectivity index (χ0v) is 14.6. The SMILES string of the molecule is CC(=O)N1CCn2cnc(N3CCCc4cc(N)c(C(F)F)cc43)c2C1. The summed E-state index contributed by atoms with van der Waals surface area (Å²) in [5, 5.41) is 0. The van der Waals surface area contributed by atoms with Crippen molar-refractivity contribution in [3.8, 4) is 0 Å². The molecule has 0 aliphatic carbocycles. The molecule has 2 aliphatic heterocycles. The fourth-order valence-electron chi connectivity index (χ4n) is 3.81. The Morgan fingerprint density at radius 1 is 1.27 bits per heavy atom. The molecule has 2 N–H and O–H groups in total. The third kappa shape index (κ3) is 2.69. The molecule has 4 rings (SSSR count). The molecule has 0 bridgehead atoms. The number of aromatic nitrogens is 2. The summed E-state index contributed by atoms with van der Waals surface area (Å²) in [5.74, 6) is 0.761. The van der Waals surface area contributed by atoms with Gasteiger partial charge >= 0.3 is 0 Å². The molecule has 0 saturated heterocycles.